The lowest BCUT2D eigenvalue weighted by Crippen LogP contribution is -2.51. The fraction of sp³-hybridized carbons (Fsp3) is 0.346. The molecule has 4 heterocycles. The molecule has 1 aromatic carbocycles. The molecule has 0 saturated carbocycles. The van der Waals surface area contributed by atoms with Crippen molar-refractivity contribution in [2.24, 2.45) is 5.92 Å². The van der Waals surface area contributed by atoms with Crippen LogP contribution < -0.4 is 9.62 Å². The molecule has 1 aliphatic heterocycles. The third kappa shape index (κ3) is 5.37. The van der Waals surface area contributed by atoms with Crippen molar-refractivity contribution < 1.29 is 17.6 Å². The maximum atomic E-state index is 14.3. The monoisotopic (exact) mass is 556 g/mol. The van der Waals surface area contributed by atoms with Crippen LogP contribution in [0.4, 0.5) is 15.3 Å². The quantitative estimate of drug-likeness (QED) is 0.346. The van der Waals surface area contributed by atoms with E-state index in [9.17, 15) is 17.6 Å². The van der Waals surface area contributed by atoms with Crippen LogP contribution in [-0.4, -0.2) is 59.9 Å². The lowest BCUT2D eigenvalue weighted by atomic mass is 10.0. The summed E-state index contributed by atoms with van der Waals surface area (Å²) in [5, 5.41) is 2.50. The highest BCUT2D eigenvalue weighted by Crippen LogP contribution is 2.29. The number of pyridine rings is 1. The van der Waals surface area contributed by atoms with E-state index < -0.39 is 16.1 Å². The molecule has 0 aliphatic carbocycles. The summed E-state index contributed by atoms with van der Waals surface area (Å²) in [4.78, 5) is 26.0. The number of sulfonamides is 1. The van der Waals surface area contributed by atoms with Crippen molar-refractivity contribution in [1.29, 1.82) is 0 Å². The highest BCUT2D eigenvalue weighted by Gasteiger charge is 2.30. The lowest BCUT2D eigenvalue weighted by molar-refractivity contribution is -0.135. The molecule has 1 saturated heterocycles. The molecule has 0 unspecified atom stereocenters. The van der Waals surface area contributed by atoms with E-state index >= 15 is 0 Å². The minimum absolute atomic E-state index is 0.0165. The highest BCUT2D eigenvalue weighted by molar-refractivity contribution is 7.93. The first-order valence-electron chi connectivity index (χ1n) is 12.4. The summed E-state index contributed by atoms with van der Waals surface area (Å²) >= 11 is 1.20. The fourth-order valence-electron chi connectivity index (χ4n) is 4.74. The minimum atomic E-state index is -3.77. The van der Waals surface area contributed by atoms with Gasteiger partial charge in [0.15, 0.2) is 5.13 Å². The maximum absolute atomic E-state index is 14.3. The van der Waals surface area contributed by atoms with E-state index in [0.29, 0.717) is 54.5 Å². The summed E-state index contributed by atoms with van der Waals surface area (Å²) in [5.74, 6) is 0.648. The lowest BCUT2D eigenvalue weighted by Gasteiger charge is -2.37. The van der Waals surface area contributed by atoms with Crippen LogP contribution >= 0.6 is 11.3 Å². The van der Waals surface area contributed by atoms with Crippen LogP contribution in [0, 0.1) is 11.7 Å². The van der Waals surface area contributed by atoms with Crippen LogP contribution in [0.15, 0.2) is 65.3 Å². The zero-order valence-electron chi connectivity index (χ0n) is 21.1. The highest BCUT2D eigenvalue weighted by atomic mass is 32.2. The summed E-state index contributed by atoms with van der Waals surface area (Å²) in [6, 6.07) is 9.44. The zero-order chi connectivity index (χ0) is 26.9. The number of amides is 1. The van der Waals surface area contributed by atoms with Crippen molar-refractivity contribution in [2.75, 3.05) is 35.8 Å². The Balaban J connectivity index is 1.26. The van der Waals surface area contributed by atoms with E-state index in [1.54, 1.807) is 29.8 Å². The average molecular weight is 557 g/mol. The number of rotatable bonds is 8. The smallest absolute Gasteiger partial charge is 0.265 e. The fourth-order valence-corrected chi connectivity index (χ4v) is 6.47. The maximum Gasteiger partial charge on any atom is 0.265 e. The molecule has 12 heteroatoms. The van der Waals surface area contributed by atoms with Crippen molar-refractivity contribution >= 4 is 49.1 Å². The van der Waals surface area contributed by atoms with Crippen LogP contribution in [0.2, 0.25) is 0 Å². The molecule has 1 aliphatic rings. The van der Waals surface area contributed by atoms with Gasteiger partial charge in [-0.2, -0.15) is 0 Å². The van der Waals surface area contributed by atoms with E-state index in [2.05, 4.69) is 28.5 Å². The van der Waals surface area contributed by atoms with E-state index in [1.807, 2.05) is 20.4 Å². The third-order valence-electron chi connectivity index (χ3n) is 6.63. The molecule has 9 nitrogen and oxygen atoms in total. The van der Waals surface area contributed by atoms with Crippen LogP contribution in [0.1, 0.15) is 26.3 Å². The number of hydrogen-bond acceptors (Lipinski definition) is 7. The number of nitrogens with one attached hydrogen (secondary N) is 1. The Bertz CT molecular complexity index is 1510. The molecule has 0 spiro atoms. The topological polar surface area (TPSA) is 100 Å². The van der Waals surface area contributed by atoms with Crippen molar-refractivity contribution in [3.8, 4) is 0 Å². The van der Waals surface area contributed by atoms with Gasteiger partial charge in [0.2, 0.25) is 5.91 Å². The number of piperazine rings is 1. The van der Waals surface area contributed by atoms with Crippen molar-refractivity contribution in [3.05, 3.63) is 66.2 Å². The van der Waals surface area contributed by atoms with Crippen LogP contribution in [0.5, 0.6) is 0 Å². The van der Waals surface area contributed by atoms with E-state index in [1.165, 1.54) is 35.9 Å². The third-order valence-corrected chi connectivity index (χ3v) is 8.77. The average Bonchev–Trinajstić information content (AvgIpc) is 3.57. The first-order valence-corrected chi connectivity index (χ1v) is 14.8. The molecule has 3 aromatic heterocycles. The Hall–Kier alpha value is -3.51. The molecule has 4 aromatic rings. The van der Waals surface area contributed by atoms with Crippen LogP contribution in [-0.2, 0) is 14.8 Å². The zero-order valence-corrected chi connectivity index (χ0v) is 22.8. The molecule has 5 rings (SSSR count). The molecular formula is C26H29FN6O3S2. The Morgan fingerprint density at radius 3 is 2.55 bits per heavy atom. The summed E-state index contributed by atoms with van der Waals surface area (Å²) in [7, 11) is -3.77. The number of benzene rings is 1. The van der Waals surface area contributed by atoms with E-state index in [-0.39, 0.29) is 22.5 Å². The Morgan fingerprint density at radius 2 is 1.89 bits per heavy atom. The first kappa shape index (κ1) is 26.1. The molecule has 1 fully saturated rings. The van der Waals surface area contributed by atoms with Gasteiger partial charge in [-0.15, -0.1) is 11.3 Å². The van der Waals surface area contributed by atoms with Crippen LogP contribution in [0.3, 0.4) is 0 Å². The van der Waals surface area contributed by atoms with Crippen LogP contribution in [0.25, 0.3) is 10.9 Å². The SMILES string of the molecule is CC(C)C[C@@H](C(=O)N1CCN(c2ccc(S(=O)(=O)Nc3nccs3)cn2)CC1)n1ccc2c(F)cccc21. The molecule has 0 bridgehead atoms. The summed E-state index contributed by atoms with van der Waals surface area (Å²) in [6.45, 7) is 6.30. The number of carbonyl (C=O) groups is 1. The molecule has 200 valence electrons. The minimum Gasteiger partial charge on any atom is -0.353 e. The second kappa shape index (κ2) is 10.7. The van der Waals surface area contributed by atoms with Gasteiger partial charge in [-0.05, 0) is 42.7 Å². The van der Waals surface area contributed by atoms with Gasteiger partial charge >= 0.3 is 0 Å². The number of halogens is 1. The van der Waals surface area contributed by atoms with Gasteiger partial charge in [0.25, 0.3) is 10.0 Å². The number of anilines is 2. The molecule has 1 N–H and O–H groups in total. The van der Waals surface area contributed by atoms with Gasteiger partial charge in [-0.25, -0.2) is 22.8 Å². The van der Waals surface area contributed by atoms with Gasteiger partial charge < -0.3 is 14.4 Å². The summed E-state index contributed by atoms with van der Waals surface area (Å²) in [5.41, 5.74) is 0.714. The van der Waals surface area contributed by atoms with Crippen molar-refractivity contribution in [1.82, 2.24) is 19.4 Å². The van der Waals surface area contributed by atoms with Gasteiger partial charge in [0.05, 0.1) is 5.52 Å². The Kier molecular flexibility index (Phi) is 7.35. The summed E-state index contributed by atoms with van der Waals surface area (Å²) in [6.07, 6.45) is 5.31. The number of fused-ring (bicyclic) bond motifs is 1. The standard InChI is InChI=1S/C26H29FN6O3S2/c1-18(2)16-23(33-10-8-20-21(27)4-3-5-22(20)33)25(34)32-13-11-31(12-14-32)24-7-6-19(17-29-24)38(35,36)30-26-28-9-15-37-26/h3-10,15,17-18,23H,11-14,16H2,1-2H3,(H,28,30)/t23-/m0/s1. The van der Waals surface area contributed by atoms with Gasteiger partial charge in [-0.3, -0.25) is 9.52 Å². The second-order valence-corrected chi connectivity index (χ2v) is 12.2. The van der Waals surface area contributed by atoms with Gasteiger partial charge in [0.1, 0.15) is 22.6 Å². The molecular weight excluding hydrogens is 527 g/mol. The van der Waals surface area contributed by atoms with Crippen molar-refractivity contribution in [2.45, 2.75) is 31.2 Å². The van der Waals surface area contributed by atoms with Crippen molar-refractivity contribution in [3.63, 3.8) is 0 Å². The van der Waals surface area contributed by atoms with E-state index in [4.69, 9.17) is 0 Å². The molecule has 1 atom stereocenters. The number of nitrogens with zero attached hydrogens (tertiary/aromatic N) is 5. The number of hydrogen-bond donors (Lipinski definition) is 1. The number of aromatic nitrogens is 3. The van der Waals surface area contributed by atoms with E-state index in [0.717, 1.165) is 0 Å². The van der Waals surface area contributed by atoms with Gasteiger partial charge in [0, 0.05) is 55.5 Å². The largest absolute Gasteiger partial charge is 0.353 e. The number of thiazole rings is 1. The number of carbonyl (C=O) groups excluding carboxylic acids is 1. The Labute approximate surface area is 225 Å². The summed E-state index contributed by atoms with van der Waals surface area (Å²) < 4.78 is 43.8. The predicted molar refractivity (Wildman–Crippen MR) is 146 cm³/mol. The molecule has 0 radical (unpaired) electrons. The predicted octanol–water partition coefficient (Wildman–Crippen LogP) is 4.37. The second-order valence-electron chi connectivity index (χ2n) is 9.65. The Morgan fingerprint density at radius 1 is 1.11 bits per heavy atom. The van der Waals surface area contributed by atoms with Gasteiger partial charge in [-0.1, -0.05) is 19.9 Å². The first-order chi connectivity index (χ1) is 18.2. The molecule has 1 amide bonds. The molecule has 38 heavy (non-hydrogen) atoms. The normalized spacial score (nSPS) is 15.3.